The van der Waals surface area contributed by atoms with Gasteiger partial charge in [-0.2, -0.15) is 0 Å². The van der Waals surface area contributed by atoms with Crippen molar-refractivity contribution >= 4 is 119 Å². The Labute approximate surface area is 375 Å². The minimum atomic E-state index is 0.909. The number of nitrogens with zero attached hydrogens (tertiary/aromatic N) is 3. The quantitative estimate of drug-likeness (QED) is 0.173. The van der Waals surface area contributed by atoms with Gasteiger partial charge in [-0.1, -0.05) is 103 Å². The van der Waals surface area contributed by atoms with Crippen molar-refractivity contribution in [2.24, 2.45) is 0 Å². The van der Waals surface area contributed by atoms with E-state index in [0.29, 0.717) is 0 Å². The Hall–Kier alpha value is -8.38. The third-order valence-electron chi connectivity index (χ3n) is 13.8. The third kappa shape index (κ3) is 4.85. The van der Waals surface area contributed by atoms with Crippen LogP contribution in [0.15, 0.2) is 217 Å². The van der Waals surface area contributed by atoms with Crippen LogP contribution in [0.25, 0.3) is 136 Å². The van der Waals surface area contributed by atoms with Gasteiger partial charge in [0.15, 0.2) is 0 Å². The first-order valence-electron chi connectivity index (χ1n) is 22.2. The van der Waals surface area contributed by atoms with Crippen LogP contribution in [0.3, 0.4) is 0 Å². The van der Waals surface area contributed by atoms with E-state index in [4.69, 9.17) is 4.42 Å². The summed E-state index contributed by atoms with van der Waals surface area (Å²) in [6, 6.07) is 77.6. The highest BCUT2D eigenvalue weighted by Gasteiger charge is 2.23. The number of hydrogen-bond donors (Lipinski definition) is 0. The van der Waals surface area contributed by atoms with Gasteiger partial charge in [0.05, 0.1) is 43.9 Å². The lowest BCUT2D eigenvalue weighted by molar-refractivity contribution is 0.677. The topological polar surface area (TPSA) is 27.9 Å². The van der Waals surface area contributed by atoms with Crippen LogP contribution in [-0.2, 0) is 0 Å². The molecule has 0 radical (unpaired) electrons. The van der Waals surface area contributed by atoms with Crippen molar-refractivity contribution in [1.82, 2.24) is 13.7 Å². The molecule has 10 aromatic carbocycles. The second-order valence-corrected chi connectivity index (χ2v) is 18.3. The minimum Gasteiger partial charge on any atom is -0.455 e. The van der Waals surface area contributed by atoms with E-state index in [0.717, 1.165) is 82.8 Å². The SMILES string of the molecule is c1ccc(-n2c3ccccc3c3cc(-c4ccc5c(c4)c4c6oc7c(ccc8c7c7ccccc7n8-c7ccc8sc9ccccc9c8c7)c6ccc4n5-c4ccccc4)ccc32)cc1. The van der Waals surface area contributed by atoms with Crippen LogP contribution in [0, 0.1) is 0 Å². The number of thiophene rings is 1. The standard InChI is InChI=1S/C60H35N3OS/c1-3-13-38(14-4-1)61-49-20-10-7-17-41(49)46-33-36(23-28-51(46)61)37-24-29-52-48(34-37)58-54(62(52)39-15-5-2-6-16-39)31-27-44-43-26-30-53-57(59(43)64-60(44)58)45-19-8-11-21-50(45)63(53)40-25-32-56-47(35-40)42-18-9-12-22-55(42)65-56/h1-35H. The summed E-state index contributed by atoms with van der Waals surface area (Å²) in [7, 11) is 0. The van der Waals surface area contributed by atoms with Gasteiger partial charge in [-0.3, -0.25) is 0 Å². The van der Waals surface area contributed by atoms with Crippen LogP contribution < -0.4 is 0 Å². The Morgan fingerprint density at radius 2 is 0.754 bits per heavy atom. The molecule has 5 heterocycles. The fraction of sp³-hybridized carbons (Fsp3) is 0. The van der Waals surface area contributed by atoms with Crippen LogP contribution in [0.5, 0.6) is 0 Å². The Morgan fingerprint density at radius 1 is 0.277 bits per heavy atom. The van der Waals surface area contributed by atoms with Crippen molar-refractivity contribution in [3.05, 3.63) is 212 Å². The summed E-state index contributed by atoms with van der Waals surface area (Å²) in [6.07, 6.45) is 0. The highest BCUT2D eigenvalue weighted by atomic mass is 32.1. The molecule has 0 N–H and O–H groups in total. The molecular formula is C60H35N3OS. The zero-order chi connectivity index (χ0) is 42.3. The van der Waals surface area contributed by atoms with Gasteiger partial charge in [-0.25, -0.2) is 0 Å². The fourth-order valence-corrected chi connectivity index (χ4v) is 12.1. The van der Waals surface area contributed by atoms with Gasteiger partial charge in [0.25, 0.3) is 0 Å². The van der Waals surface area contributed by atoms with Gasteiger partial charge in [-0.15, -0.1) is 11.3 Å². The first-order chi connectivity index (χ1) is 32.2. The van der Waals surface area contributed by atoms with Gasteiger partial charge in [0.1, 0.15) is 11.2 Å². The molecule has 5 aromatic heterocycles. The van der Waals surface area contributed by atoms with Crippen molar-refractivity contribution in [3.8, 4) is 28.2 Å². The molecule has 5 heteroatoms. The maximum absolute atomic E-state index is 7.38. The summed E-state index contributed by atoms with van der Waals surface area (Å²) >= 11 is 1.85. The fourth-order valence-electron chi connectivity index (χ4n) is 11.0. The largest absolute Gasteiger partial charge is 0.455 e. The summed E-state index contributed by atoms with van der Waals surface area (Å²) in [5, 5.41) is 11.9. The number of fused-ring (bicyclic) bond motifs is 17. The average molecular weight is 846 g/mol. The van der Waals surface area contributed by atoms with E-state index in [-0.39, 0.29) is 0 Å². The summed E-state index contributed by atoms with van der Waals surface area (Å²) in [5.41, 5.74) is 14.5. The van der Waals surface area contributed by atoms with Gasteiger partial charge in [0.2, 0.25) is 0 Å². The molecule has 65 heavy (non-hydrogen) atoms. The Balaban J connectivity index is 0.989. The van der Waals surface area contributed by atoms with E-state index in [2.05, 4.69) is 226 Å². The molecule has 0 aliphatic rings. The lowest BCUT2D eigenvalue weighted by atomic mass is 10.00. The molecule has 0 saturated heterocycles. The van der Waals surface area contributed by atoms with Crippen LogP contribution in [0.4, 0.5) is 0 Å². The number of benzene rings is 10. The Bertz CT molecular complexity index is 4470. The van der Waals surface area contributed by atoms with E-state index in [1.807, 2.05) is 11.3 Å². The monoisotopic (exact) mass is 845 g/mol. The van der Waals surface area contributed by atoms with Crippen molar-refractivity contribution < 1.29 is 4.42 Å². The molecule has 15 rings (SSSR count). The summed E-state index contributed by atoms with van der Waals surface area (Å²) < 4.78 is 17.2. The smallest absolute Gasteiger partial charge is 0.145 e. The molecule has 4 nitrogen and oxygen atoms in total. The normalized spacial score (nSPS) is 12.3. The van der Waals surface area contributed by atoms with Crippen LogP contribution in [0.2, 0.25) is 0 Å². The Kier molecular flexibility index (Phi) is 7.07. The molecule has 15 aromatic rings. The number of para-hydroxylation sites is 4. The first kappa shape index (κ1) is 35.1. The second kappa shape index (κ2) is 13.1. The number of hydrogen-bond acceptors (Lipinski definition) is 2. The van der Waals surface area contributed by atoms with Crippen molar-refractivity contribution in [2.45, 2.75) is 0 Å². The molecule has 0 atom stereocenters. The predicted molar refractivity (Wildman–Crippen MR) is 275 cm³/mol. The highest BCUT2D eigenvalue weighted by Crippen LogP contribution is 2.46. The van der Waals surface area contributed by atoms with Gasteiger partial charge in [-0.05, 0) is 120 Å². The maximum atomic E-state index is 7.38. The molecule has 0 amide bonds. The molecule has 0 fully saturated rings. The predicted octanol–water partition coefficient (Wildman–Crippen LogP) is 16.9. The van der Waals surface area contributed by atoms with E-state index < -0.39 is 0 Å². The summed E-state index contributed by atoms with van der Waals surface area (Å²) in [5.74, 6) is 0. The molecule has 302 valence electrons. The summed E-state index contributed by atoms with van der Waals surface area (Å²) in [4.78, 5) is 0. The molecule has 0 bridgehead atoms. The van der Waals surface area contributed by atoms with E-state index in [1.165, 1.54) is 52.9 Å². The summed E-state index contributed by atoms with van der Waals surface area (Å²) in [6.45, 7) is 0. The van der Waals surface area contributed by atoms with Crippen LogP contribution in [0.1, 0.15) is 0 Å². The van der Waals surface area contributed by atoms with Crippen LogP contribution >= 0.6 is 11.3 Å². The lowest BCUT2D eigenvalue weighted by Crippen LogP contribution is -1.93. The molecule has 0 aliphatic heterocycles. The zero-order valence-electron chi connectivity index (χ0n) is 34.9. The molecular weight excluding hydrogens is 811 g/mol. The van der Waals surface area contributed by atoms with Gasteiger partial charge in [0, 0.05) is 69.6 Å². The van der Waals surface area contributed by atoms with Crippen molar-refractivity contribution in [2.75, 3.05) is 0 Å². The van der Waals surface area contributed by atoms with E-state index in [1.54, 1.807) is 0 Å². The number of aromatic nitrogens is 3. The molecule has 0 spiro atoms. The van der Waals surface area contributed by atoms with Gasteiger partial charge >= 0.3 is 0 Å². The Morgan fingerprint density at radius 3 is 1.45 bits per heavy atom. The highest BCUT2D eigenvalue weighted by molar-refractivity contribution is 7.25. The average Bonchev–Trinajstić information content (AvgIpc) is 4.17. The molecule has 0 unspecified atom stereocenters. The molecule has 0 aliphatic carbocycles. The lowest BCUT2D eigenvalue weighted by Gasteiger charge is -2.09. The van der Waals surface area contributed by atoms with E-state index in [9.17, 15) is 0 Å². The maximum Gasteiger partial charge on any atom is 0.145 e. The number of rotatable bonds is 4. The second-order valence-electron chi connectivity index (χ2n) is 17.2. The van der Waals surface area contributed by atoms with Crippen LogP contribution in [-0.4, -0.2) is 13.7 Å². The molecule has 0 saturated carbocycles. The van der Waals surface area contributed by atoms with Crippen molar-refractivity contribution in [3.63, 3.8) is 0 Å². The number of furan rings is 1. The van der Waals surface area contributed by atoms with Gasteiger partial charge < -0.3 is 18.1 Å². The zero-order valence-corrected chi connectivity index (χ0v) is 35.7. The minimum absolute atomic E-state index is 0.909. The van der Waals surface area contributed by atoms with E-state index >= 15 is 0 Å². The third-order valence-corrected chi connectivity index (χ3v) is 15.0. The van der Waals surface area contributed by atoms with Crippen molar-refractivity contribution in [1.29, 1.82) is 0 Å². The first-order valence-corrected chi connectivity index (χ1v) is 23.0.